The molecule has 0 saturated heterocycles. The van der Waals surface area contributed by atoms with Crippen molar-refractivity contribution in [1.82, 2.24) is 0 Å². The molecule has 2 aromatic carbocycles. The summed E-state index contributed by atoms with van der Waals surface area (Å²) in [6.45, 7) is 1.32. The van der Waals surface area contributed by atoms with E-state index in [1.807, 2.05) is 0 Å². The second-order valence-corrected chi connectivity index (χ2v) is 5.15. The molecule has 0 fully saturated rings. The predicted molar refractivity (Wildman–Crippen MR) is 79.6 cm³/mol. The molecule has 2 rings (SSSR count). The Labute approximate surface area is 138 Å². The second kappa shape index (κ2) is 6.48. The molecule has 9 heteroatoms. The molecule has 2 aromatic rings. The molecule has 0 amide bonds. The number of rotatable bonds is 4. The SMILES string of the molecule is CC(=O)c1cccc(Oc2cc(Cl)c(C(F)(F)F)cc2[N+](=O)[O-])c1. The predicted octanol–water partition coefficient (Wildman–Crippen LogP) is 5.26. The van der Waals surface area contributed by atoms with Gasteiger partial charge in [0.1, 0.15) is 5.75 Å². The third-order valence-corrected chi connectivity index (χ3v) is 3.33. The molecule has 126 valence electrons. The lowest BCUT2D eigenvalue weighted by Crippen LogP contribution is -2.07. The smallest absolute Gasteiger partial charge is 0.418 e. The van der Waals surface area contributed by atoms with Crippen LogP contribution in [-0.4, -0.2) is 10.7 Å². The van der Waals surface area contributed by atoms with E-state index in [9.17, 15) is 28.1 Å². The topological polar surface area (TPSA) is 69.4 Å². The Hall–Kier alpha value is -2.61. The zero-order valence-electron chi connectivity index (χ0n) is 12.1. The van der Waals surface area contributed by atoms with Gasteiger partial charge in [0, 0.05) is 17.7 Å². The summed E-state index contributed by atoms with van der Waals surface area (Å²) < 4.78 is 43.7. The van der Waals surface area contributed by atoms with Crippen molar-refractivity contribution >= 4 is 23.1 Å². The van der Waals surface area contributed by atoms with E-state index in [4.69, 9.17) is 16.3 Å². The fourth-order valence-corrected chi connectivity index (χ4v) is 2.15. The molecule has 24 heavy (non-hydrogen) atoms. The lowest BCUT2D eigenvalue weighted by Gasteiger charge is -2.12. The quantitative estimate of drug-likeness (QED) is 0.424. The van der Waals surface area contributed by atoms with E-state index >= 15 is 0 Å². The van der Waals surface area contributed by atoms with Crippen LogP contribution in [0.2, 0.25) is 5.02 Å². The van der Waals surface area contributed by atoms with Crippen molar-refractivity contribution in [3.05, 3.63) is 62.7 Å². The Kier molecular flexibility index (Phi) is 4.79. The number of hydrogen-bond donors (Lipinski definition) is 0. The fourth-order valence-electron chi connectivity index (χ4n) is 1.89. The zero-order valence-corrected chi connectivity index (χ0v) is 12.8. The summed E-state index contributed by atoms with van der Waals surface area (Å²) in [7, 11) is 0. The van der Waals surface area contributed by atoms with E-state index < -0.39 is 33.1 Å². The molecule has 0 aromatic heterocycles. The van der Waals surface area contributed by atoms with Crippen LogP contribution in [-0.2, 0) is 6.18 Å². The number of carbonyl (C=O) groups excluding carboxylic acids is 1. The number of ether oxygens (including phenoxy) is 1. The van der Waals surface area contributed by atoms with Gasteiger partial charge in [-0.25, -0.2) is 0 Å². The summed E-state index contributed by atoms with van der Waals surface area (Å²) in [5, 5.41) is 10.3. The van der Waals surface area contributed by atoms with Crippen LogP contribution in [0.4, 0.5) is 18.9 Å². The molecule has 0 aliphatic heterocycles. The summed E-state index contributed by atoms with van der Waals surface area (Å²) in [6, 6.07) is 6.74. The molecule has 0 radical (unpaired) electrons. The zero-order chi connectivity index (χ0) is 18.1. The standard InChI is InChI=1S/C15H9ClF3NO4/c1-8(21)9-3-2-4-10(5-9)24-14-7-12(16)11(15(17,18)19)6-13(14)20(22)23/h2-7H,1H3. The highest BCUT2D eigenvalue weighted by atomic mass is 35.5. The summed E-state index contributed by atoms with van der Waals surface area (Å²) in [6.07, 6.45) is -4.84. The molecule has 0 unspecified atom stereocenters. The van der Waals surface area contributed by atoms with Crippen LogP contribution >= 0.6 is 11.6 Å². The van der Waals surface area contributed by atoms with Gasteiger partial charge in [0.05, 0.1) is 15.5 Å². The number of hydrogen-bond acceptors (Lipinski definition) is 4. The van der Waals surface area contributed by atoms with Gasteiger partial charge in [0.25, 0.3) is 0 Å². The number of ketones is 1. The Morgan fingerprint density at radius 3 is 2.46 bits per heavy atom. The third-order valence-electron chi connectivity index (χ3n) is 3.02. The summed E-state index contributed by atoms with van der Waals surface area (Å²) in [4.78, 5) is 21.4. The first-order valence-corrected chi connectivity index (χ1v) is 6.81. The van der Waals surface area contributed by atoms with Crippen molar-refractivity contribution < 1.29 is 27.6 Å². The molecule has 0 heterocycles. The normalized spacial score (nSPS) is 11.2. The molecule has 0 aliphatic rings. The monoisotopic (exact) mass is 359 g/mol. The molecule has 0 bridgehead atoms. The van der Waals surface area contributed by atoms with E-state index in [2.05, 4.69) is 0 Å². The Balaban J connectivity index is 2.50. The van der Waals surface area contributed by atoms with Gasteiger partial charge in [-0.3, -0.25) is 14.9 Å². The molecule has 0 spiro atoms. The Morgan fingerprint density at radius 1 is 1.25 bits per heavy atom. The van der Waals surface area contributed by atoms with E-state index in [0.29, 0.717) is 6.07 Å². The number of nitro benzene ring substituents is 1. The largest absolute Gasteiger partial charge is 0.450 e. The van der Waals surface area contributed by atoms with Crippen molar-refractivity contribution in [2.75, 3.05) is 0 Å². The number of alkyl halides is 3. The minimum Gasteiger partial charge on any atom is -0.450 e. The molecule has 0 aliphatic carbocycles. The molecular weight excluding hydrogens is 351 g/mol. The number of Topliss-reactive ketones (excluding diaryl/α,β-unsaturated/α-hetero) is 1. The third kappa shape index (κ3) is 3.83. The van der Waals surface area contributed by atoms with Gasteiger partial charge in [0.2, 0.25) is 5.75 Å². The van der Waals surface area contributed by atoms with Crippen molar-refractivity contribution in [2.24, 2.45) is 0 Å². The van der Waals surface area contributed by atoms with E-state index in [1.54, 1.807) is 0 Å². The first kappa shape index (κ1) is 17.7. The average molecular weight is 360 g/mol. The molecule has 0 N–H and O–H groups in total. The van der Waals surface area contributed by atoms with Gasteiger partial charge in [-0.2, -0.15) is 13.2 Å². The van der Waals surface area contributed by atoms with Gasteiger partial charge in [-0.15, -0.1) is 0 Å². The minimum atomic E-state index is -4.84. The van der Waals surface area contributed by atoms with Crippen LogP contribution in [0.15, 0.2) is 36.4 Å². The number of halogens is 4. The summed E-state index contributed by atoms with van der Waals surface area (Å²) >= 11 is 5.56. The summed E-state index contributed by atoms with van der Waals surface area (Å²) in [5.74, 6) is -0.666. The van der Waals surface area contributed by atoms with Gasteiger partial charge in [0.15, 0.2) is 5.78 Å². The highest BCUT2D eigenvalue weighted by molar-refractivity contribution is 6.31. The van der Waals surface area contributed by atoms with E-state index in [1.165, 1.54) is 31.2 Å². The van der Waals surface area contributed by atoms with Gasteiger partial charge < -0.3 is 4.74 Å². The lowest BCUT2D eigenvalue weighted by molar-refractivity contribution is -0.385. The highest BCUT2D eigenvalue weighted by Gasteiger charge is 2.36. The Morgan fingerprint density at radius 2 is 1.92 bits per heavy atom. The van der Waals surface area contributed by atoms with E-state index in [0.717, 1.165) is 6.07 Å². The van der Waals surface area contributed by atoms with Crippen LogP contribution in [0, 0.1) is 10.1 Å². The number of nitro groups is 1. The van der Waals surface area contributed by atoms with Crippen LogP contribution < -0.4 is 4.74 Å². The van der Waals surface area contributed by atoms with Crippen LogP contribution in [0.5, 0.6) is 11.5 Å². The van der Waals surface area contributed by atoms with Crippen LogP contribution in [0.1, 0.15) is 22.8 Å². The van der Waals surface area contributed by atoms with Gasteiger partial charge in [-0.1, -0.05) is 23.7 Å². The number of nitrogens with zero attached hydrogens (tertiary/aromatic N) is 1. The van der Waals surface area contributed by atoms with Crippen molar-refractivity contribution in [1.29, 1.82) is 0 Å². The Bertz CT molecular complexity index is 821. The number of carbonyl (C=O) groups is 1. The fraction of sp³-hybridized carbons (Fsp3) is 0.133. The first-order valence-electron chi connectivity index (χ1n) is 6.43. The minimum absolute atomic E-state index is 0.0571. The maximum Gasteiger partial charge on any atom is 0.418 e. The van der Waals surface area contributed by atoms with Crippen LogP contribution in [0.25, 0.3) is 0 Å². The van der Waals surface area contributed by atoms with Crippen molar-refractivity contribution in [3.8, 4) is 11.5 Å². The van der Waals surface area contributed by atoms with Gasteiger partial charge in [-0.05, 0) is 19.1 Å². The van der Waals surface area contributed by atoms with Gasteiger partial charge >= 0.3 is 11.9 Å². The second-order valence-electron chi connectivity index (χ2n) is 4.74. The lowest BCUT2D eigenvalue weighted by atomic mass is 10.1. The molecular formula is C15H9ClF3NO4. The molecule has 0 atom stereocenters. The summed E-state index contributed by atoms with van der Waals surface area (Å²) in [5.41, 5.74) is -1.94. The van der Waals surface area contributed by atoms with Crippen LogP contribution in [0.3, 0.4) is 0 Å². The van der Waals surface area contributed by atoms with E-state index in [-0.39, 0.29) is 17.1 Å². The maximum absolute atomic E-state index is 12.8. The van der Waals surface area contributed by atoms with Crippen molar-refractivity contribution in [2.45, 2.75) is 13.1 Å². The average Bonchev–Trinajstić information content (AvgIpc) is 2.45. The first-order chi connectivity index (χ1) is 11.1. The van der Waals surface area contributed by atoms with Crippen molar-refractivity contribution in [3.63, 3.8) is 0 Å². The highest BCUT2D eigenvalue weighted by Crippen LogP contribution is 2.42. The molecule has 0 saturated carbocycles. The number of benzene rings is 2. The maximum atomic E-state index is 12.8. The molecule has 5 nitrogen and oxygen atoms in total.